The van der Waals surface area contributed by atoms with Gasteiger partial charge < -0.3 is 4.74 Å². The number of unbranched alkanes of at least 4 members (excludes halogenated alkanes) is 1. The number of ether oxygens (including phenoxy) is 1. The predicted octanol–water partition coefficient (Wildman–Crippen LogP) is 2.91. The fourth-order valence-corrected chi connectivity index (χ4v) is 1.25. The number of halogens is 2. The highest BCUT2D eigenvalue weighted by Crippen LogP contribution is 2.27. The van der Waals surface area contributed by atoms with Gasteiger partial charge in [-0.1, -0.05) is 24.9 Å². The molecule has 0 aromatic heterocycles. The van der Waals surface area contributed by atoms with Gasteiger partial charge in [-0.3, -0.25) is 4.79 Å². The van der Waals surface area contributed by atoms with Crippen LogP contribution in [0.5, 0.6) is 0 Å². The Bertz CT molecular complexity index is 150. The van der Waals surface area contributed by atoms with Crippen molar-refractivity contribution in [3.8, 4) is 0 Å². The topological polar surface area (TPSA) is 26.3 Å². The maximum atomic E-state index is 10.9. The maximum absolute atomic E-state index is 10.9. The Morgan fingerprint density at radius 2 is 2.08 bits per heavy atom. The van der Waals surface area contributed by atoms with Gasteiger partial charge in [-0.15, -0.1) is 0 Å². The molecule has 0 fully saturated rings. The summed E-state index contributed by atoms with van der Waals surface area (Å²) in [6, 6.07) is 0. The standard InChI is InChI=1S/C8H14Cl2O2/c1-3-5-6-8(10,7(9)11)12-4-2/h3-6H2,1-2H3. The molecule has 1 unspecified atom stereocenters. The quantitative estimate of drug-likeness (QED) is 0.500. The molecule has 0 bridgehead atoms. The van der Waals surface area contributed by atoms with E-state index in [-0.39, 0.29) is 0 Å². The Hall–Kier alpha value is 0.210. The van der Waals surface area contributed by atoms with Crippen LogP contribution in [0.1, 0.15) is 33.1 Å². The maximum Gasteiger partial charge on any atom is 0.269 e. The lowest BCUT2D eigenvalue weighted by molar-refractivity contribution is -0.126. The molecular formula is C8H14Cl2O2. The number of rotatable bonds is 6. The van der Waals surface area contributed by atoms with Gasteiger partial charge in [-0.05, 0) is 31.4 Å². The number of carbonyl (C=O) groups is 1. The summed E-state index contributed by atoms with van der Waals surface area (Å²) in [5.41, 5.74) is 0. The Morgan fingerprint density at radius 3 is 2.42 bits per heavy atom. The molecule has 0 radical (unpaired) electrons. The second-order valence-corrected chi connectivity index (χ2v) is 3.49. The number of hydrogen-bond acceptors (Lipinski definition) is 2. The van der Waals surface area contributed by atoms with Gasteiger partial charge in [0.25, 0.3) is 5.24 Å². The average molecular weight is 213 g/mol. The van der Waals surface area contributed by atoms with Crippen molar-refractivity contribution in [3.63, 3.8) is 0 Å². The molecule has 4 heteroatoms. The van der Waals surface area contributed by atoms with Crippen molar-refractivity contribution in [2.45, 2.75) is 38.2 Å². The predicted molar refractivity (Wildman–Crippen MR) is 50.6 cm³/mol. The molecular weight excluding hydrogens is 199 g/mol. The van der Waals surface area contributed by atoms with Crippen molar-refractivity contribution in [3.05, 3.63) is 0 Å². The fraction of sp³-hybridized carbons (Fsp3) is 0.875. The van der Waals surface area contributed by atoms with Gasteiger partial charge in [0.1, 0.15) is 0 Å². The molecule has 2 nitrogen and oxygen atoms in total. The minimum atomic E-state index is -1.30. The van der Waals surface area contributed by atoms with Crippen LogP contribution in [0.25, 0.3) is 0 Å². The van der Waals surface area contributed by atoms with E-state index in [4.69, 9.17) is 27.9 Å². The number of carbonyl (C=O) groups excluding carboxylic acids is 1. The molecule has 0 aliphatic heterocycles. The summed E-state index contributed by atoms with van der Waals surface area (Å²) in [7, 11) is 0. The minimum absolute atomic E-state index is 0.395. The zero-order chi connectivity index (χ0) is 9.61. The van der Waals surface area contributed by atoms with Crippen molar-refractivity contribution < 1.29 is 9.53 Å². The molecule has 0 amide bonds. The molecule has 0 heterocycles. The second kappa shape index (κ2) is 5.79. The first-order valence-electron chi connectivity index (χ1n) is 4.09. The van der Waals surface area contributed by atoms with Crippen LogP contribution in [0.4, 0.5) is 0 Å². The monoisotopic (exact) mass is 212 g/mol. The van der Waals surface area contributed by atoms with Crippen LogP contribution < -0.4 is 0 Å². The van der Waals surface area contributed by atoms with Crippen molar-refractivity contribution >= 4 is 28.4 Å². The molecule has 0 aliphatic carbocycles. The first-order chi connectivity index (χ1) is 5.56. The highest BCUT2D eigenvalue weighted by Gasteiger charge is 2.34. The van der Waals surface area contributed by atoms with Crippen LogP contribution in [-0.4, -0.2) is 16.9 Å². The SMILES string of the molecule is CCCCC(Cl)(OCC)C(=O)Cl. The van der Waals surface area contributed by atoms with Crippen molar-refractivity contribution in [2.75, 3.05) is 6.61 Å². The van der Waals surface area contributed by atoms with Crippen LogP contribution in [0, 0.1) is 0 Å². The van der Waals surface area contributed by atoms with Crippen LogP contribution in [-0.2, 0) is 9.53 Å². The lowest BCUT2D eigenvalue weighted by Gasteiger charge is -2.21. The van der Waals surface area contributed by atoms with E-state index in [9.17, 15) is 4.79 Å². The minimum Gasteiger partial charge on any atom is -0.352 e. The molecule has 72 valence electrons. The van der Waals surface area contributed by atoms with E-state index in [2.05, 4.69) is 0 Å². The number of alkyl halides is 1. The van der Waals surface area contributed by atoms with Gasteiger partial charge in [0.2, 0.25) is 5.06 Å². The molecule has 0 saturated carbocycles. The second-order valence-electron chi connectivity index (χ2n) is 2.54. The Kier molecular flexibility index (Phi) is 5.89. The van der Waals surface area contributed by atoms with Gasteiger partial charge in [0.15, 0.2) is 0 Å². The third kappa shape index (κ3) is 3.74. The summed E-state index contributed by atoms with van der Waals surface area (Å²) in [5, 5.41) is -1.92. The molecule has 12 heavy (non-hydrogen) atoms. The van der Waals surface area contributed by atoms with Crippen LogP contribution in [0.2, 0.25) is 0 Å². The van der Waals surface area contributed by atoms with E-state index in [1.807, 2.05) is 6.92 Å². The van der Waals surface area contributed by atoms with E-state index in [1.165, 1.54) is 0 Å². The summed E-state index contributed by atoms with van der Waals surface area (Å²) >= 11 is 11.2. The van der Waals surface area contributed by atoms with Crippen LogP contribution in [0.15, 0.2) is 0 Å². The summed E-state index contributed by atoms with van der Waals surface area (Å²) in [4.78, 5) is 10.9. The largest absolute Gasteiger partial charge is 0.352 e. The third-order valence-corrected chi connectivity index (χ3v) is 2.39. The Balaban J connectivity index is 4.08. The molecule has 1 atom stereocenters. The van der Waals surface area contributed by atoms with Crippen molar-refractivity contribution in [2.24, 2.45) is 0 Å². The van der Waals surface area contributed by atoms with Gasteiger partial charge >= 0.3 is 0 Å². The fourth-order valence-electron chi connectivity index (χ4n) is 0.860. The molecule has 0 aliphatic rings. The summed E-state index contributed by atoms with van der Waals surface area (Å²) in [6.07, 6.45) is 2.27. The zero-order valence-electron chi connectivity index (χ0n) is 7.40. The van der Waals surface area contributed by atoms with E-state index in [0.29, 0.717) is 13.0 Å². The highest BCUT2D eigenvalue weighted by atomic mass is 35.5. The Morgan fingerprint density at radius 1 is 1.50 bits per heavy atom. The average Bonchev–Trinajstić information content (AvgIpc) is 2.01. The van der Waals surface area contributed by atoms with E-state index >= 15 is 0 Å². The van der Waals surface area contributed by atoms with Gasteiger partial charge in [-0.2, -0.15) is 0 Å². The van der Waals surface area contributed by atoms with Gasteiger partial charge in [0.05, 0.1) is 0 Å². The van der Waals surface area contributed by atoms with Gasteiger partial charge in [-0.25, -0.2) is 0 Å². The Labute approximate surface area is 83.2 Å². The van der Waals surface area contributed by atoms with E-state index < -0.39 is 10.3 Å². The van der Waals surface area contributed by atoms with Crippen molar-refractivity contribution in [1.29, 1.82) is 0 Å². The lowest BCUT2D eigenvalue weighted by atomic mass is 10.2. The zero-order valence-corrected chi connectivity index (χ0v) is 8.91. The van der Waals surface area contributed by atoms with E-state index in [0.717, 1.165) is 12.8 Å². The molecule has 0 saturated heterocycles. The smallest absolute Gasteiger partial charge is 0.269 e. The lowest BCUT2D eigenvalue weighted by Crippen LogP contribution is -2.32. The van der Waals surface area contributed by atoms with Crippen molar-refractivity contribution in [1.82, 2.24) is 0 Å². The van der Waals surface area contributed by atoms with Crippen LogP contribution in [0.3, 0.4) is 0 Å². The normalized spacial score (nSPS) is 15.7. The molecule has 0 N–H and O–H groups in total. The first kappa shape index (κ1) is 12.2. The van der Waals surface area contributed by atoms with E-state index in [1.54, 1.807) is 6.92 Å². The molecule has 0 spiro atoms. The first-order valence-corrected chi connectivity index (χ1v) is 4.85. The highest BCUT2D eigenvalue weighted by molar-refractivity contribution is 6.70. The molecule has 0 aromatic carbocycles. The summed E-state index contributed by atoms with van der Waals surface area (Å²) in [5.74, 6) is 0. The number of hydrogen-bond donors (Lipinski definition) is 0. The van der Waals surface area contributed by atoms with Gasteiger partial charge in [0, 0.05) is 6.61 Å². The third-order valence-electron chi connectivity index (χ3n) is 1.52. The van der Waals surface area contributed by atoms with Crippen LogP contribution >= 0.6 is 23.2 Å². The molecule has 0 aromatic rings. The molecule has 0 rings (SSSR count). The summed E-state index contributed by atoms with van der Waals surface area (Å²) in [6.45, 7) is 4.19. The summed E-state index contributed by atoms with van der Waals surface area (Å²) < 4.78 is 5.08.